The van der Waals surface area contributed by atoms with E-state index in [0.717, 1.165) is 5.56 Å². The molecule has 0 bridgehead atoms. The fraction of sp³-hybridized carbons (Fsp3) is 0.381. The number of rotatable bonds is 7. The molecule has 2 aromatic rings. The van der Waals surface area contributed by atoms with E-state index in [1.54, 1.807) is 52.6 Å². The second-order valence-corrected chi connectivity index (χ2v) is 6.32. The highest BCUT2D eigenvalue weighted by Crippen LogP contribution is 2.46. The topological polar surface area (TPSA) is 66.5 Å². The van der Waals surface area contributed by atoms with Crippen LogP contribution >= 0.6 is 0 Å². The average Bonchev–Trinajstić information content (AvgIpc) is 3.13. The fourth-order valence-electron chi connectivity index (χ4n) is 3.59. The molecule has 0 saturated carbocycles. The van der Waals surface area contributed by atoms with E-state index in [4.69, 9.17) is 23.7 Å². The Hall–Kier alpha value is -3.09. The number of ether oxygens (including phenoxy) is 5. The molecule has 7 nitrogen and oxygen atoms in total. The SMILES string of the molecule is COc1ccc(C2CCC(=O)N2c2cc(OC)c(OC)c(OC)c2)cc1OC. The predicted molar refractivity (Wildman–Crippen MR) is 105 cm³/mol. The molecule has 1 heterocycles. The third kappa shape index (κ3) is 3.40. The zero-order chi connectivity index (χ0) is 20.3. The van der Waals surface area contributed by atoms with Crippen LogP contribution in [0.2, 0.25) is 0 Å². The highest BCUT2D eigenvalue weighted by atomic mass is 16.5. The Labute approximate surface area is 164 Å². The summed E-state index contributed by atoms with van der Waals surface area (Å²) in [5.74, 6) is 2.81. The lowest BCUT2D eigenvalue weighted by Crippen LogP contribution is -2.27. The van der Waals surface area contributed by atoms with Crippen molar-refractivity contribution in [3.8, 4) is 28.7 Å². The van der Waals surface area contributed by atoms with E-state index in [0.29, 0.717) is 47.3 Å². The minimum absolute atomic E-state index is 0.0362. The van der Waals surface area contributed by atoms with E-state index in [-0.39, 0.29) is 11.9 Å². The largest absolute Gasteiger partial charge is 0.493 e. The van der Waals surface area contributed by atoms with Crippen molar-refractivity contribution in [3.05, 3.63) is 35.9 Å². The number of anilines is 1. The minimum atomic E-state index is -0.130. The van der Waals surface area contributed by atoms with E-state index in [1.807, 2.05) is 18.2 Å². The molecule has 1 fully saturated rings. The zero-order valence-electron chi connectivity index (χ0n) is 16.8. The molecule has 0 spiro atoms. The van der Waals surface area contributed by atoms with E-state index in [1.165, 1.54) is 0 Å². The molecule has 1 amide bonds. The molecule has 28 heavy (non-hydrogen) atoms. The lowest BCUT2D eigenvalue weighted by molar-refractivity contribution is -0.117. The second-order valence-electron chi connectivity index (χ2n) is 6.32. The lowest BCUT2D eigenvalue weighted by atomic mass is 10.0. The van der Waals surface area contributed by atoms with Gasteiger partial charge in [-0.3, -0.25) is 4.79 Å². The van der Waals surface area contributed by atoms with Crippen molar-refractivity contribution in [2.75, 3.05) is 40.4 Å². The molecule has 0 aliphatic carbocycles. The maximum absolute atomic E-state index is 12.7. The van der Waals surface area contributed by atoms with Gasteiger partial charge in [0.1, 0.15) is 0 Å². The van der Waals surface area contributed by atoms with Gasteiger partial charge < -0.3 is 28.6 Å². The van der Waals surface area contributed by atoms with Crippen LogP contribution in [0.3, 0.4) is 0 Å². The molecule has 1 aliphatic heterocycles. The summed E-state index contributed by atoms with van der Waals surface area (Å²) in [7, 11) is 7.85. The summed E-state index contributed by atoms with van der Waals surface area (Å²) >= 11 is 0. The van der Waals surface area contributed by atoms with Crippen LogP contribution in [0.25, 0.3) is 0 Å². The van der Waals surface area contributed by atoms with Crippen molar-refractivity contribution in [2.24, 2.45) is 0 Å². The van der Waals surface area contributed by atoms with Gasteiger partial charge in [-0.25, -0.2) is 0 Å². The number of nitrogens with zero attached hydrogens (tertiary/aromatic N) is 1. The lowest BCUT2D eigenvalue weighted by Gasteiger charge is -2.27. The molecule has 0 aromatic heterocycles. The third-order valence-corrected chi connectivity index (χ3v) is 4.93. The van der Waals surface area contributed by atoms with Crippen molar-refractivity contribution < 1.29 is 28.5 Å². The van der Waals surface area contributed by atoms with Crippen molar-refractivity contribution in [1.82, 2.24) is 0 Å². The van der Waals surface area contributed by atoms with Crippen LogP contribution in [-0.2, 0) is 4.79 Å². The summed E-state index contributed by atoms with van der Waals surface area (Å²) in [6.07, 6.45) is 1.15. The second kappa shape index (κ2) is 8.29. The van der Waals surface area contributed by atoms with Crippen LogP contribution in [0.15, 0.2) is 30.3 Å². The maximum atomic E-state index is 12.7. The van der Waals surface area contributed by atoms with Crippen LogP contribution < -0.4 is 28.6 Å². The van der Waals surface area contributed by atoms with E-state index >= 15 is 0 Å². The smallest absolute Gasteiger partial charge is 0.227 e. The van der Waals surface area contributed by atoms with Gasteiger partial charge in [0.05, 0.1) is 47.3 Å². The summed E-state index contributed by atoms with van der Waals surface area (Å²) < 4.78 is 27.0. The van der Waals surface area contributed by atoms with Crippen LogP contribution in [0.4, 0.5) is 5.69 Å². The maximum Gasteiger partial charge on any atom is 0.227 e. The van der Waals surface area contributed by atoms with Gasteiger partial charge in [-0.1, -0.05) is 6.07 Å². The van der Waals surface area contributed by atoms with Crippen LogP contribution in [-0.4, -0.2) is 41.5 Å². The number of amides is 1. The standard InChI is InChI=1S/C21H25NO6/c1-24-16-8-6-13(10-17(16)25-2)15-7-9-20(23)22(15)14-11-18(26-3)21(28-5)19(12-14)27-4/h6,8,10-12,15H,7,9H2,1-5H3. The normalized spacial score (nSPS) is 16.1. The number of benzene rings is 2. The van der Waals surface area contributed by atoms with Crippen molar-refractivity contribution in [3.63, 3.8) is 0 Å². The molecular weight excluding hydrogens is 362 g/mol. The summed E-state index contributed by atoms with van der Waals surface area (Å²) in [5, 5.41) is 0. The van der Waals surface area contributed by atoms with E-state index in [2.05, 4.69) is 0 Å². The van der Waals surface area contributed by atoms with Gasteiger partial charge in [0, 0.05) is 18.6 Å². The van der Waals surface area contributed by atoms with Gasteiger partial charge in [-0.2, -0.15) is 0 Å². The van der Waals surface area contributed by atoms with Gasteiger partial charge >= 0.3 is 0 Å². The average molecular weight is 387 g/mol. The molecule has 1 unspecified atom stereocenters. The number of carbonyl (C=O) groups excluding carboxylic acids is 1. The Morgan fingerprint density at radius 1 is 0.786 bits per heavy atom. The monoisotopic (exact) mass is 387 g/mol. The highest BCUT2D eigenvalue weighted by Gasteiger charge is 2.35. The Morgan fingerprint density at radius 3 is 1.93 bits per heavy atom. The van der Waals surface area contributed by atoms with Gasteiger partial charge in [-0.05, 0) is 24.1 Å². The molecule has 0 N–H and O–H groups in total. The molecule has 1 aliphatic rings. The zero-order valence-corrected chi connectivity index (χ0v) is 16.8. The molecule has 150 valence electrons. The fourth-order valence-corrected chi connectivity index (χ4v) is 3.59. The predicted octanol–water partition coefficient (Wildman–Crippen LogP) is 3.60. The number of hydrogen-bond donors (Lipinski definition) is 0. The Kier molecular flexibility index (Phi) is 5.82. The molecule has 1 atom stereocenters. The first-order chi connectivity index (χ1) is 13.6. The van der Waals surface area contributed by atoms with Crippen molar-refractivity contribution in [2.45, 2.75) is 18.9 Å². The van der Waals surface area contributed by atoms with Gasteiger partial charge in [-0.15, -0.1) is 0 Å². The molecule has 1 saturated heterocycles. The Balaban J connectivity index is 2.06. The Bertz CT molecular complexity index is 841. The molecule has 7 heteroatoms. The number of methoxy groups -OCH3 is 5. The summed E-state index contributed by atoms with van der Waals surface area (Å²) in [5.41, 5.74) is 1.66. The van der Waals surface area contributed by atoms with E-state index < -0.39 is 0 Å². The minimum Gasteiger partial charge on any atom is -0.493 e. The summed E-state index contributed by atoms with van der Waals surface area (Å²) in [4.78, 5) is 14.5. The summed E-state index contributed by atoms with van der Waals surface area (Å²) in [6, 6.07) is 9.17. The first-order valence-electron chi connectivity index (χ1n) is 8.91. The Morgan fingerprint density at radius 2 is 1.39 bits per heavy atom. The third-order valence-electron chi connectivity index (χ3n) is 4.93. The van der Waals surface area contributed by atoms with Crippen LogP contribution in [0.1, 0.15) is 24.4 Å². The first-order valence-corrected chi connectivity index (χ1v) is 8.91. The van der Waals surface area contributed by atoms with Crippen LogP contribution in [0, 0.1) is 0 Å². The van der Waals surface area contributed by atoms with Crippen molar-refractivity contribution >= 4 is 11.6 Å². The van der Waals surface area contributed by atoms with Crippen LogP contribution in [0.5, 0.6) is 28.7 Å². The first kappa shape index (κ1) is 19.7. The summed E-state index contributed by atoms with van der Waals surface area (Å²) in [6.45, 7) is 0. The number of carbonyl (C=O) groups is 1. The van der Waals surface area contributed by atoms with Gasteiger partial charge in [0.25, 0.3) is 0 Å². The van der Waals surface area contributed by atoms with E-state index in [9.17, 15) is 4.79 Å². The molecular formula is C21H25NO6. The molecule has 3 rings (SSSR count). The molecule has 2 aromatic carbocycles. The van der Waals surface area contributed by atoms with Crippen molar-refractivity contribution in [1.29, 1.82) is 0 Å². The highest BCUT2D eigenvalue weighted by molar-refractivity contribution is 5.97. The number of hydrogen-bond acceptors (Lipinski definition) is 6. The van der Waals surface area contributed by atoms with Gasteiger partial charge in [0.2, 0.25) is 11.7 Å². The quantitative estimate of drug-likeness (QED) is 0.723. The van der Waals surface area contributed by atoms with Gasteiger partial charge in [0.15, 0.2) is 23.0 Å². The molecule has 0 radical (unpaired) electrons.